The van der Waals surface area contributed by atoms with Crippen LogP contribution in [0.5, 0.6) is 0 Å². The molecule has 1 heterocycles. The van der Waals surface area contributed by atoms with Crippen molar-refractivity contribution in [2.24, 2.45) is 0 Å². The minimum atomic E-state index is -0.464. The fourth-order valence-corrected chi connectivity index (χ4v) is 9.20. The quantitative estimate of drug-likeness (QED) is 0.163. The van der Waals surface area contributed by atoms with Crippen LogP contribution in [0.4, 0.5) is 17.1 Å². The van der Waals surface area contributed by atoms with Gasteiger partial charge in [0.15, 0.2) is 5.58 Å². The van der Waals surface area contributed by atoms with Crippen LogP contribution in [-0.2, 0) is 5.41 Å². The average molecular weight is 728 g/mol. The van der Waals surface area contributed by atoms with Crippen LogP contribution in [-0.4, -0.2) is 0 Å². The van der Waals surface area contributed by atoms with Gasteiger partial charge in [0.1, 0.15) is 5.58 Å². The fourth-order valence-electron chi connectivity index (χ4n) is 9.20. The van der Waals surface area contributed by atoms with Crippen molar-refractivity contribution in [1.82, 2.24) is 0 Å². The maximum atomic E-state index is 6.66. The lowest BCUT2D eigenvalue weighted by Gasteiger charge is -2.34. The smallest absolute Gasteiger partial charge is 0.159 e. The highest BCUT2D eigenvalue weighted by Crippen LogP contribution is 2.56. The topological polar surface area (TPSA) is 16.4 Å². The number of anilines is 3. The summed E-state index contributed by atoms with van der Waals surface area (Å²) in [5.41, 5.74) is 16.8. The highest BCUT2D eigenvalue weighted by atomic mass is 16.3. The molecule has 1 aromatic heterocycles. The summed E-state index contributed by atoms with van der Waals surface area (Å²) in [6.07, 6.45) is 0. The van der Waals surface area contributed by atoms with E-state index in [1.165, 1.54) is 55.6 Å². The van der Waals surface area contributed by atoms with Gasteiger partial charge in [0.05, 0.1) is 11.1 Å². The highest BCUT2D eigenvalue weighted by molar-refractivity contribution is 6.10. The first-order chi connectivity index (χ1) is 28.3. The standard InChI is InChI=1S/C55H37NO/c1-3-14-38(15-4-1)39-26-28-40(29-27-39)41-30-34-44(35-31-41)56(52-24-13-21-49-48-20-9-12-25-53(48)57-54(49)52)45-36-32-43(33-37-45)55(42-16-5-2-6-17-42)50-22-10-7-18-46(50)47-19-8-11-23-51(47)55/h1-37H. The molecule has 1 aliphatic rings. The number of fused-ring (bicyclic) bond motifs is 6. The van der Waals surface area contributed by atoms with E-state index in [0.717, 1.165) is 39.0 Å². The Kier molecular flexibility index (Phi) is 7.75. The van der Waals surface area contributed by atoms with Crippen LogP contribution < -0.4 is 4.90 Å². The average Bonchev–Trinajstić information content (AvgIpc) is 3.82. The van der Waals surface area contributed by atoms with Crippen LogP contribution >= 0.6 is 0 Å². The molecule has 57 heavy (non-hydrogen) atoms. The summed E-state index contributed by atoms with van der Waals surface area (Å²) in [4.78, 5) is 2.34. The molecule has 11 rings (SSSR count). The maximum absolute atomic E-state index is 6.66. The molecule has 10 aromatic rings. The Hall–Kier alpha value is -7.42. The van der Waals surface area contributed by atoms with Crippen LogP contribution in [0, 0.1) is 0 Å². The van der Waals surface area contributed by atoms with Crippen LogP contribution in [0.25, 0.3) is 55.3 Å². The van der Waals surface area contributed by atoms with E-state index in [0.29, 0.717) is 0 Å². The zero-order chi connectivity index (χ0) is 37.8. The number of para-hydroxylation sites is 2. The molecule has 9 aromatic carbocycles. The molecular formula is C55H37NO. The summed E-state index contributed by atoms with van der Waals surface area (Å²) in [5, 5.41) is 2.21. The fraction of sp³-hybridized carbons (Fsp3) is 0.0182. The first-order valence-electron chi connectivity index (χ1n) is 19.6. The van der Waals surface area contributed by atoms with Gasteiger partial charge >= 0.3 is 0 Å². The normalized spacial score (nSPS) is 12.7. The Morgan fingerprint density at radius 2 is 0.789 bits per heavy atom. The number of nitrogens with zero attached hydrogens (tertiary/aromatic N) is 1. The van der Waals surface area contributed by atoms with Crippen molar-refractivity contribution in [3.05, 3.63) is 247 Å². The van der Waals surface area contributed by atoms with Gasteiger partial charge in [0.25, 0.3) is 0 Å². The predicted octanol–water partition coefficient (Wildman–Crippen LogP) is 14.8. The van der Waals surface area contributed by atoms with Gasteiger partial charge < -0.3 is 9.32 Å². The van der Waals surface area contributed by atoms with Gasteiger partial charge in [-0.2, -0.15) is 0 Å². The lowest BCUT2D eigenvalue weighted by molar-refractivity contribution is 0.669. The monoisotopic (exact) mass is 727 g/mol. The molecule has 0 bridgehead atoms. The zero-order valence-corrected chi connectivity index (χ0v) is 31.2. The number of furan rings is 1. The molecule has 0 N–H and O–H groups in total. The SMILES string of the molecule is c1ccc(-c2ccc(-c3ccc(N(c4ccc(C5(c6ccccc6)c6ccccc6-c6ccccc65)cc4)c4cccc5c4oc4ccccc45)cc3)cc2)cc1. The number of hydrogen-bond donors (Lipinski definition) is 0. The van der Waals surface area contributed by atoms with Gasteiger partial charge in [-0.1, -0.05) is 188 Å². The summed E-state index contributed by atoms with van der Waals surface area (Å²) in [5.74, 6) is 0. The number of hydrogen-bond acceptors (Lipinski definition) is 2. The molecule has 1 aliphatic carbocycles. The lowest BCUT2D eigenvalue weighted by atomic mass is 9.68. The third-order valence-electron chi connectivity index (χ3n) is 11.8. The van der Waals surface area contributed by atoms with Crippen LogP contribution in [0.1, 0.15) is 22.3 Å². The molecule has 0 saturated heterocycles. The summed E-state index contributed by atoms with van der Waals surface area (Å²) in [6, 6.07) is 81.1. The maximum Gasteiger partial charge on any atom is 0.159 e. The van der Waals surface area contributed by atoms with Crippen molar-refractivity contribution in [2.45, 2.75) is 5.41 Å². The second-order valence-electron chi connectivity index (χ2n) is 14.8. The molecular weight excluding hydrogens is 691 g/mol. The van der Waals surface area contributed by atoms with Crippen LogP contribution in [0.15, 0.2) is 229 Å². The van der Waals surface area contributed by atoms with Gasteiger partial charge in [-0.25, -0.2) is 0 Å². The Morgan fingerprint density at radius 3 is 1.42 bits per heavy atom. The molecule has 0 fully saturated rings. The third kappa shape index (κ3) is 5.26. The second kappa shape index (κ2) is 13.4. The third-order valence-corrected chi connectivity index (χ3v) is 11.8. The Balaban J connectivity index is 1.06. The molecule has 0 radical (unpaired) electrons. The van der Waals surface area contributed by atoms with Gasteiger partial charge in [-0.15, -0.1) is 0 Å². The summed E-state index contributed by atoms with van der Waals surface area (Å²) in [7, 11) is 0. The Bertz CT molecular complexity index is 2990. The first-order valence-corrected chi connectivity index (χ1v) is 19.6. The molecule has 0 unspecified atom stereocenters. The van der Waals surface area contributed by atoms with Crippen molar-refractivity contribution >= 4 is 39.0 Å². The molecule has 0 amide bonds. The number of benzene rings is 9. The van der Waals surface area contributed by atoms with E-state index >= 15 is 0 Å². The van der Waals surface area contributed by atoms with Crippen molar-refractivity contribution in [3.8, 4) is 33.4 Å². The minimum Gasteiger partial charge on any atom is -0.454 e. The van der Waals surface area contributed by atoms with Crippen molar-refractivity contribution < 1.29 is 4.42 Å². The predicted molar refractivity (Wildman–Crippen MR) is 237 cm³/mol. The number of rotatable bonds is 7. The molecule has 2 heteroatoms. The first kappa shape index (κ1) is 33.0. The van der Waals surface area contributed by atoms with Gasteiger partial charge in [-0.05, 0) is 92.0 Å². The largest absolute Gasteiger partial charge is 0.454 e. The van der Waals surface area contributed by atoms with E-state index in [2.05, 4.69) is 223 Å². The highest BCUT2D eigenvalue weighted by Gasteiger charge is 2.45. The van der Waals surface area contributed by atoms with E-state index in [1.54, 1.807) is 0 Å². The summed E-state index contributed by atoms with van der Waals surface area (Å²) in [6.45, 7) is 0. The van der Waals surface area contributed by atoms with Gasteiger partial charge in [0.2, 0.25) is 0 Å². The minimum absolute atomic E-state index is 0.464. The van der Waals surface area contributed by atoms with E-state index in [-0.39, 0.29) is 0 Å². The van der Waals surface area contributed by atoms with Gasteiger partial charge in [0, 0.05) is 22.1 Å². The Labute approximate surface area is 332 Å². The molecule has 268 valence electrons. The second-order valence-corrected chi connectivity index (χ2v) is 14.8. The van der Waals surface area contributed by atoms with Crippen LogP contribution in [0.3, 0.4) is 0 Å². The van der Waals surface area contributed by atoms with E-state index in [1.807, 2.05) is 6.07 Å². The van der Waals surface area contributed by atoms with Crippen molar-refractivity contribution in [1.29, 1.82) is 0 Å². The zero-order valence-electron chi connectivity index (χ0n) is 31.2. The van der Waals surface area contributed by atoms with Crippen molar-refractivity contribution in [2.75, 3.05) is 4.90 Å². The Morgan fingerprint density at radius 1 is 0.333 bits per heavy atom. The summed E-state index contributed by atoms with van der Waals surface area (Å²) < 4.78 is 6.66. The van der Waals surface area contributed by atoms with E-state index < -0.39 is 5.41 Å². The molecule has 0 atom stereocenters. The molecule has 0 aliphatic heterocycles. The van der Waals surface area contributed by atoms with E-state index in [4.69, 9.17) is 4.42 Å². The van der Waals surface area contributed by atoms with E-state index in [9.17, 15) is 0 Å². The summed E-state index contributed by atoms with van der Waals surface area (Å²) >= 11 is 0. The molecule has 0 spiro atoms. The van der Waals surface area contributed by atoms with Gasteiger partial charge in [-0.3, -0.25) is 0 Å². The van der Waals surface area contributed by atoms with Crippen LogP contribution in [0.2, 0.25) is 0 Å². The molecule has 2 nitrogen and oxygen atoms in total. The van der Waals surface area contributed by atoms with Crippen molar-refractivity contribution in [3.63, 3.8) is 0 Å². The lowest BCUT2D eigenvalue weighted by Crippen LogP contribution is -2.28. The molecule has 0 saturated carbocycles.